The molecule has 1 aliphatic carbocycles. The molecule has 0 bridgehead atoms. The number of halogens is 1. The molecule has 6 heteroatoms. The number of hydrogen-bond donors (Lipinski definition) is 2. The number of hydroxylamine groups is 2. The first kappa shape index (κ1) is 15.3. The minimum atomic E-state index is -0.843. The molecule has 2 amide bonds. The Morgan fingerprint density at radius 1 is 1.26 bits per heavy atom. The van der Waals surface area contributed by atoms with E-state index in [0.717, 1.165) is 12.0 Å². The van der Waals surface area contributed by atoms with Crippen LogP contribution in [-0.4, -0.2) is 22.8 Å². The van der Waals surface area contributed by atoms with Crippen molar-refractivity contribution in [1.29, 1.82) is 0 Å². The smallest absolute Gasteiger partial charge is 0.338 e. The van der Waals surface area contributed by atoms with E-state index < -0.39 is 6.03 Å². The van der Waals surface area contributed by atoms with Gasteiger partial charge in [0.25, 0.3) is 0 Å². The lowest BCUT2D eigenvalue weighted by atomic mass is 10.1. The molecule has 0 aromatic heterocycles. The van der Waals surface area contributed by atoms with Crippen molar-refractivity contribution in [2.75, 3.05) is 6.54 Å². The number of ether oxygens (including phenoxy) is 1. The molecule has 0 heterocycles. The zero-order valence-electron chi connectivity index (χ0n) is 12.4. The highest BCUT2D eigenvalue weighted by molar-refractivity contribution is 5.70. The van der Waals surface area contributed by atoms with E-state index in [9.17, 15) is 14.4 Å². The Morgan fingerprint density at radius 2 is 2.00 bits per heavy atom. The Bertz CT molecular complexity index is 705. The second-order valence-electron chi connectivity index (χ2n) is 5.65. The molecule has 1 saturated carbocycles. The minimum absolute atomic E-state index is 0.188. The molecule has 2 aromatic carbocycles. The first-order chi connectivity index (χ1) is 11.0. The molecule has 1 aliphatic rings. The van der Waals surface area contributed by atoms with E-state index in [-0.39, 0.29) is 24.2 Å². The molecule has 2 atom stereocenters. The van der Waals surface area contributed by atoms with E-state index in [1.54, 1.807) is 12.1 Å². The van der Waals surface area contributed by atoms with E-state index in [2.05, 4.69) is 0 Å². The van der Waals surface area contributed by atoms with Gasteiger partial charge in [-0.1, -0.05) is 12.1 Å². The van der Waals surface area contributed by atoms with Crippen molar-refractivity contribution in [2.45, 2.75) is 12.3 Å². The van der Waals surface area contributed by atoms with Gasteiger partial charge in [-0.2, -0.15) is 0 Å². The molecule has 0 unspecified atom stereocenters. The Hall–Kier alpha value is -2.60. The van der Waals surface area contributed by atoms with Gasteiger partial charge in [0.1, 0.15) is 17.3 Å². The van der Waals surface area contributed by atoms with Gasteiger partial charge in [0.05, 0.1) is 6.54 Å². The number of benzene rings is 2. The number of hydrogen-bond acceptors (Lipinski definition) is 3. The van der Waals surface area contributed by atoms with E-state index in [1.165, 1.54) is 12.1 Å². The highest BCUT2D eigenvalue weighted by Crippen LogP contribution is 2.48. The fraction of sp³-hybridized carbons (Fsp3) is 0.235. The van der Waals surface area contributed by atoms with Crippen molar-refractivity contribution in [3.05, 3.63) is 59.9 Å². The fourth-order valence-electron chi connectivity index (χ4n) is 2.62. The number of amides is 2. The number of urea groups is 1. The van der Waals surface area contributed by atoms with E-state index in [0.29, 0.717) is 16.6 Å². The quantitative estimate of drug-likeness (QED) is 0.655. The standard InChI is InChI=1S/C17H17FN2O3/c18-13-4-6-14(7-5-13)23-15-3-1-2-11(8-15)16-9-12(16)10-20(22)17(19)21/h1-8,12,16,22H,9-10H2,(H2,19,21)/t12-,16-/m0/s1. The zero-order valence-corrected chi connectivity index (χ0v) is 12.4. The third-order valence-electron chi connectivity index (χ3n) is 3.92. The Labute approximate surface area is 133 Å². The predicted octanol–water partition coefficient (Wildman–Crippen LogP) is 3.49. The highest BCUT2D eigenvalue weighted by Gasteiger charge is 2.40. The molecule has 23 heavy (non-hydrogen) atoms. The van der Waals surface area contributed by atoms with Crippen LogP contribution in [0.1, 0.15) is 17.9 Å². The zero-order chi connectivity index (χ0) is 16.4. The summed E-state index contributed by atoms with van der Waals surface area (Å²) in [6.45, 7) is 0.225. The third kappa shape index (κ3) is 3.78. The second-order valence-corrected chi connectivity index (χ2v) is 5.65. The van der Waals surface area contributed by atoms with Crippen LogP contribution in [0.15, 0.2) is 48.5 Å². The van der Waals surface area contributed by atoms with Crippen LogP contribution in [0.4, 0.5) is 9.18 Å². The summed E-state index contributed by atoms with van der Waals surface area (Å²) >= 11 is 0. The van der Waals surface area contributed by atoms with Crippen LogP contribution >= 0.6 is 0 Å². The maximum absolute atomic E-state index is 12.9. The van der Waals surface area contributed by atoms with Crippen LogP contribution < -0.4 is 10.5 Å². The van der Waals surface area contributed by atoms with E-state index in [4.69, 9.17) is 10.5 Å². The summed E-state index contributed by atoms with van der Waals surface area (Å²) in [5.41, 5.74) is 6.08. The maximum atomic E-state index is 12.9. The van der Waals surface area contributed by atoms with Gasteiger partial charge in [-0.25, -0.2) is 14.2 Å². The second kappa shape index (κ2) is 6.26. The van der Waals surface area contributed by atoms with Crippen LogP contribution in [-0.2, 0) is 0 Å². The van der Waals surface area contributed by atoms with Crippen LogP contribution in [0.2, 0.25) is 0 Å². The number of primary amides is 1. The number of rotatable bonds is 5. The predicted molar refractivity (Wildman–Crippen MR) is 81.8 cm³/mol. The molecule has 2 aromatic rings. The summed E-state index contributed by atoms with van der Waals surface area (Å²) in [6, 6.07) is 12.6. The SMILES string of the molecule is NC(=O)N(O)C[C@@H]1C[C@H]1c1cccc(Oc2ccc(F)cc2)c1. The average molecular weight is 316 g/mol. The first-order valence-corrected chi connectivity index (χ1v) is 7.32. The molecular weight excluding hydrogens is 299 g/mol. The summed E-state index contributed by atoms with van der Waals surface area (Å²) in [7, 11) is 0. The number of nitrogens with two attached hydrogens (primary N) is 1. The van der Waals surface area contributed by atoms with Crippen LogP contribution in [0.3, 0.4) is 0 Å². The number of carbonyl (C=O) groups excluding carboxylic acids is 1. The highest BCUT2D eigenvalue weighted by atomic mass is 19.1. The summed E-state index contributed by atoms with van der Waals surface area (Å²) in [5.74, 6) is 1.37. The van der Waals surface area contributed by atoms with Gasteiger partial charge < -0.3 is 10.5 Å². The first-order valence-electron chi connectivity index (χ1n) is 7.32. The van der Waals surface area contributed by atoms with Gasteiger partial charge in [-0.3, -0.25) is 5.21 Å². The van der Waals surface area contributed by atoms with Crippen LogP contribution in [0.5, 0.6) is 11.5 Å². The molecule has 0 aliphatic heterocycles. The molecule has 3 N–H and O–H groups in total. The van der Waals surface area contributed by atoms with Crippen molar-refractivity contribution in [1.82, 2.24) is 5.06 Å². The Morgan fingerprint density at radius 3 is 2.70 bits per heavy atom. The van der Waals surface area contributed by atoms with Crippen molar-refractivity contribution < 1.29 is 19.1 Å². The van der Waals surface area contributed by atoms with Gasteiger partial charge in [-0.15, -0.1) is 0 Å². The molecule has 0 spiro atoms. The summed E-state index contributed by atoms with van der Waals surface area (Å²) in [5, 5.41) is 9.92. The lowest BCUT2D eigenvalue weighted by Crippen LogP contribution is -2.34. The molecule has 1 fully saturated rings. The molecule has 120 valence electrons. The molecule has 0 saturated heterocycles. The van der Waals surface area contributed by atoms with Gasteiger partial charge in [-0.05, 0) is 60.2 Å². The largest absolute Gasteiger partial charge is 0.457 e. The average Bonchev–Trinajstić information content (AvgIpc) is 3.29. The normalized spacial score (nSPS) is 19.2. The summed E-state index contributed by atoms with van der Waals surface area (Å²) in [6.07, 6.45) is 0.879. The molecular formula is C17H17FN2O3. The van der Waals surface area contributed by atoms with Gasteiger partial charge in [0.15, 0.2) is 0 Å². The van der Waals surface area contributed by atoms with E-state index >= 15 is 0 Å². The summed E-state index contributed by atoms with van der Waals surface area (Å²) < 4.78 is 18.6. The molecule has 5 nitrogen and oxygen atoms in total. The van der Waals surface area contributed by atoms with Crippen molar-refractivity contribution >= 4 is 6.03 Å². The lowest BCUT2D eigenvalue weighted by Gasteiger charge is -2.11. The lowest BCUT2D eigenvalue weighted by molar-refractivity contribution is -0.0431. The molecule has 0 radical (unpaired) electrons. The number of nitrogens with zero attached hydrogens (tertiary/aromatic N) is 1. The van der Waals surface area contributed by atoms with Crippen molar-refractivity contribution in [3.8, 4) is 11.5 Å². The van der Waals surface area contributed by atoms with Crippen LogP contribution in [0.25, 0.3) is 0 Å². The summed E-state index contributed by atoms with van der Waals surface area (Å²) in [4.78, 5) is 10.8. The maximum Gasteiger partial charge on any atom is 0.338 e. The van der Waals surface area contributed by atoms with Crippen molar-refractivity contribution in [3.63, 3.8) is 0 Å². The van der Waals surface area contributed by atoms with E-state index in [1.807, 2.05) is 24.3 Å². The monoisotopic (exact) mass is 316 g/mol. The molecule has 3 rings (SSSR count). The van der Waals surface area contributed by atoms with Gasteiger partial charge >= 0.3 is 6.03 Å². The topological polar surface area (TPSA) is 75.8 Å². The Kier molecular flexibility index (Phi) is 4.16. The van der Waals surface area contributed by atoms with Crippen molar-refractivity contribution in [2.24, 2.45) is 11.7 Å². The number of carbonyl (C=O) groups is 1. The van der Waals surface area contributed by atoms with Gasteiger partial charge in [0, 0.05) is 0 Å². The van der Waals surface area contributed by atoms with Gasteiger partial charge in [0.2, 0.25) is 0 Å². The minimum Gasteiger partial charge on any atom is -0.457 e. The third-order valence-corrected chi connectivity index (χ3v) is 3.92. The fourth-order valence-corrected chi connectivity index (χ4v) is 2.62. The Balaban J connectivity index is 1.64. The van der Waals surface area contributed by atoms with Crippen LogP contribution in [0, 0.1) is 11.7 Å².